The number of rotatable bonds is 4. The predicted octanol–water partition coefficient (Wildman–Crippen LogP) is 3.36. The van der Waals surface area contributed by atoms with Crippen molar-refractivity contribution in [1.29, 1.82) is 5.26 Å². The van der Waals surface area contributed by atoms with Gasteiger partial charge in [-0.25, -0.2) is 4.39 Å². The fourth-order valence-electron chi connectivity index (χ4n) is 2.87. The summed E-state index contributed by atoms with van der Waals surface area (Å²) < 4.78 is 13.0. The van der Waals surface area contributed by atoms with Crippen molar-refractivity contribution in [3.05, 3.63) is 71.6 Å². The van der Waals surface area contributed by atoms with Crippen molar-refractivity contribution >= 4 is 18.0 Å². The molecule has 0 bridgehead atoms. The molecule has 23 heavy (non-hydrogen) atoms. The highest BCUT2D eigenvalue weighted by atomic mass is 19.1. The summed E-state index contributed by atoms with van der Waals surface area (Å²) in [5, 5.41) is 9.43. The number of benzene rings is 2. The summed E-state index contributed by atoms with van der Waals surface area (Å²) in [6.45, 7) is 0. The van der Waals surface area contributed by atoms with Crippen molar-refractivity contribution < 1.29 is 9.18 Å². The molecule has 0 radical (unpaired) electrons. The van der Waals surface area contributed by atoms with Crippen molar-refractivity contribution in [3.8, 4) is 6.07 Å². The first-order valence-electron chi connectivity index (χ1n) is 7.38. The maximum Gasteiger partial charge on any atom is 0.142 e. The number of anilines is 1. The van der Waals surface area contributed by atoms with Gasteiger partial charge in [0.05, 0.1) is 12.1 Å². The lowest BCUT2D eigenvalue weighted by Gasteiger charge is -2.36. The second kappa shape index (κ2) is 6.45. The van der Waals surface area contributed by atoms with Gasteiger partial charge in [0.25, 0.3) is 0 Å². The molecule has 0 aliphatic carbocycles. The highest BCUT2D eigenvalue weighted by Crippen LogP contribution is 2.31. The van der Waals surface area contributed by atoms with E-state index in [-0.39, 0.29) is 5.82 Å². The molecule has 0 spiro atoms. The average molecular weight is 306 g/mol. The van der Waals surface area contributed by atoms with Gasteiger partial charge in [0.15, 0.2) is 0 Å². The van der Waals surface area contributed by atoms with Crippen LogP contribution in [-0.4, -0.2) is 18.4 Å². The van der Waals surface area contributed by atoms with Crippen LogP contribution in [0, 0.1) is 17.1 Å². The van der Waals surface area contributed by atoms with Gasteiger partial charge in [-0.15, -0.1) is 0 Å². The summed E-state index contributed by atoms with van der Waals surface area (Å²) >= 11 is 0. The summed E-state index contributed by atoms with van der Waals surface area (Å²) in [5.41, 5.74) is 2.69. The van der Waals surface area contributed by atoms with Crippen LogP contribution in [-0.2, 0) is 11.2 Å². The Morgan fingerprint density at radius 3 is 2.65 bits per heavy atom. The largest absolute Gasteiger partial charge is 0.342 e. The molecule has 114 valence electrons. The van der Waals surface area contributed by atoms with Crippen LogP contribution in [0.2, 0.25) is 0 Å². The lowest BCUT2D eigenvalue weighted by Crippen LogP contribution is -2.45. The predicted molar refractivity (Wildman–Crippen MR) is 87.3 cm³/mol. The van der Waals surface area contributed by atoms with Gasteiger partial charge in [0.2, 0.25) is 0 Å². The monoisotopic (exact) mass is 306 g/mol. The molecule has 1 heterocycles. The highest BCUT2D eigenvalue weighted by molar-refractivity contribution is 5.78. The fourth-order valence-corrected chi connectivity index (χ4v) is 2.87. The maximum atomic E-state index is 13.0. The van der Waals surface area contributed by atoms with E-state index in [1.807, 2.05) is 35.2 Å². The molecule has 2 aromatic carbocycles. The van der Waals surface area contributed by atoms with E-state index in [1.54, 1.807) is 18.2 Å². The highest BCUT2D eigenvalue weighted by Gasteiger charge is 2.28. The van der Waals surface area contributed by atoms with Gasteiger partial charge in [-0.1, -0.05) is 36.4 Å². The summed E-state index contributed by atoms with van der Waals surface area (Å²) in [4.78, 5) is 13.5. The normalized spacial score (nSPS) is 17.2. The van der Waals surface area contributed by atoms with Crippen LogP contribution < -0.4 is 4.90 Å². The number of carbonyl (C=O) groups excluding carboxylic acids is 1. The number of para-hydroxylation sites is 1. The first-order chi connectivity index (χ1) is 11.2. The van der Waals surface area contributed by atoms with Gasteiger partial charge < -0.3 is 9.69 Å². The van der Waals surface area contributed by atoms with E-state index in [2.05, 4.69) is 6.07 Å². The van der Waals surface area contributed by atoms with Crippen LogP contribution in [0.3, 0.4) is 0 Å². The van der Waals surface area contributed by atoms with E-state index >= 15 is 0 Å². The zero-order chi connectivity index (χ0) is 16.2. The zero-order valence-electron chi connectivity index (χ0n) is 12.4. The molecule has 0 fully saturated rings. The summed E-state index contributed by atoms with van der Waals surface area (Å²) in [7, 11) is 0. The molecule has 3 rings (SSSR count). The molecule has 0 N–H and O–H groups in total. The SMILES string of the molecule is N#CC1C=Cc2ccccc2N1C(C=O)Cc1ccc(F)cc1. The Morgan fingerprint density at radius 2 is 1.96 bits per heavy atom. The summed E-state index contributed by atoms with van der Waals surface area (Å²) in [6, 6.07) is 15.0. The molecule has 0 aromatic heterocycles. The van der Waals surface area contributed by atoms with Crippen LogP contribution in [0.5, 0.6) is 0 Å². The Bertz CT molecular complexity index is 777. The van der Waals surface area contributed by atoms with Crippen molar-refractivity contribution in [1.82, 2.24) is 0 Å². The molecule has 0 saturated heterocycles. The second-order valence-electron chi connectivity index (χ2n) is 5.43. The number of fused-ring (bicyclic) bond motifs is 1. The van der Waals surface area contributed by atoms with E-state index in [1.165, 1.54) is 12.1 Å². The number of nitrogens with zero attached hydrogens (tertiary/aromatic N) is 2. The molecule has 0 saturated carbocycles. The van der Waals surface area contributed by atoms with Gasteiger partial charge in [-0.2, -0.15) is 5.26 Å². The summed E-state index contributed by atoms with van der Waals surface area (Å²) in [6.07, 6.45) is 4.97. The quantitative estimate of drug-likeness (QED) is 0.814. The van der Waals surface area contributed by atoms with Gasteiger partial charge in [0.1, 0.15) is 18.1 Å². The molecule has 3 nitrogen and oxygen atoms in total. The van der Waals surface area contributed by atoms with Gasteiger partial charge in [-0.05, 0) is 41.8 Å². The third-order valence-electron chi connectivity index (χ3n) is 3.98. The number of nitriles is 1. The van der Waals surface area contributed by atoms with Crippen molar-refractivity contribution in [2.45, 2.75) is 18.5 Å². The second-order valence-corrected chi connectivity index (χ2v) is 5.43. The lowest BCUT2D eigenvalue weighted by molar-refractivity contribution is -0.109. The van der Waals surface area contributed by atoms with Crippen molar-refractivity contribution in [2.75, 3.05) is 4.90 Å². The van der Waals surface area contributed by atoms with Gasteiger partial charge in [0, 0.05) is 5.69 Å². The minimum Gasteiger partial charge on any atom is -0.342 e. The van der Waals surface area contributed by atoms with Crippen molar-refractivity contribution in [3.63, 3.8) is 0 Å². The van der Waals surface area contributed by atoms with E-state index < -0.39 is 12.1 Å². The third kappa shape index (κ3) is 3.00. The van der Waals surface area contributed by atoms with Crippen molar-refractivity contribution in [2.24, 2.45) is 0 Å². The minimum atomic E-state index is -0.499. The molecule has 1 aliphatic rings. The standard InChI is InChI=1S/C19H15FN2O/c20-16-8-5-14(6-9-16)11-18(13-23)22-17(12-21)10-7-15-3-1-2-4-19(15)22/h1-10,13,17-18H,11H2. The lowest BCUT2D eigenvalue weighted by atomic mass is 9.98. The molecule has 1 aliphatic heterocycles. The Hall–Kier alpha value is -2.93. The average Bonchev–Trinajstić information content (AvgIpc) is 2.60. The van der Waals surface area contributed by atoms with E-state index in [0.717, 1.165) is 23.1 Å². The van der Waals surface area contributed by atoms with Crippen LogP contribution in [0.1, 0.15) is 11.1 Å². The Morgan fingerprint density at radius 1 is 1.22 bits per heavy atom. The number of carbonyl (C=O) groups is 1. The third-order valence-corrected chi connectivity index (χ3v) is 3.98. The molecule has 4 heteroatoms. The van der Waals surface area contributed by atoms with Crippen LogP contribution in [0.25, 0.3) is 6.08 Å². The number of halogens is 1. The van der Waals surface area contributed by atoms with E-state index in [4.69, 9.17) is 0 Å². The minimum absolute atomic E-state index is 0.308. The maximum absolute atomic E-state index is 13.0. The van der Waals surface area contributed by atoms with Crippen LogP contribution in [0.4, 0.5) is 10.1 Å². The topological polar surface area (TPSA) is 44.1 Å². The summed E-state index contributed by atoms with van der Waals surface area (Å²) in [5.74, 6) is -0.308. The molecular weight excluding hydrogens is 291 g/mol. The zero-order valence-corrected chi connectivity index (χ0v) is 12.4. The van der Waals surface area contributed by atoms with E-state index in [9.17, 15) is 14.4 Å². The Kier molecular flexibility index (Phi) is 4.20. The smallest absolute Gasteiger partial charge is 0.142 e. The number of hydrogen-bond donors (Lipinski definition) is 0. The van der Waals surface area contributed by atoms with E-state index in [0.29, 0.717) is 6.42 Å². The molecule has 2 unspecified atom stereocenters. The molecule has 2 aromatic rings. The first kappa shape index (κ1) is 15.0. The van der Waals surface area contributed by atoms with Crippen LogP contribution >= 0.6 is 0 Å². The molecular formula is C19H15FN2O. The van der Waals surface area contributed by atoms with Gasteiger partial charge >= 0.3 is 0 Å². The Labute approximate surface area is 134 Å². The van der Waals surface area contributed by atoms with Gasteiger partial charge in [-0.3, -0.25) is 0 Å². The number of aldehydes is 1. The Balaban J connectivity index is 1.95. The molecule has 0 amide bonds. The number of hydrogen-bond acceptors (Lipinski definition) is 3. The molecule has 2 atom stereocenters. The fraction of sp³-hybridized carbons (Fsp3) is 0.158. The first-order valence-corrected chi connectivity index (χ1v) is 7.38. The van der Waals surface area contributed by atoms with Crippen LogP contribution in [0.15, 0.2) is 54.6 Å².